The van der Waals surface area contributed by atoms with Gasteiger partial charge in [-0.1, -0.05) is 17.7 Å². The van der Waals surface area contributed by atoms with Gasteiger partial charge in [0.25, 0.3) is 5.69 Å². The summed E-state index contributed by atoms with van der Waals surface area (Å²) in [5.74, 6) is 0.633. The molecule has 1 aromatic rings. The van der Waals surface area contributed by atoms with Crippen molar-refractivity contribution in [1.29, 1.82) is 0 Å². The molecular formula is C14H18ClN3O2. The van der Waals surface area contributed by atoms with Crippen LogP contribution in [0.25, 0.3) is 0 Å². The quantitative estimate of drug-likeness (QED) is 0.685. The van der Waals surface area contributed by atoms with E-state index in [2.05, 4.69) is 10.2 Å². The van der Waals surface area contributed by atoms with Crippen molar-refractivity contribution in [2.75, 3.05) is 26.2 Å². The molecule has 20 heavy (non-hydrogen) atoms. The lowest BCUT2D eigenvalue weighted by atomic mass is 9.99. The number of nitro benzene ring substituents is 1. The predicted octanol–water partition coefficient (Wildman–Crippen LogP) is 2.60. The fraction of sp³-hybridized carbons (Fsp3) is 0.571. The van der Waals surface area contributed by atoms with Gasteiger partial charge >= 0.3 is 0 Å². The van der Waals surface area contributed by atoms with Crippen molar-refractivity contribution in [3.05, 3.63) is 38.9 Å². The highest BCUT2D eigenvalue weighted by molar-refractivity contribution is 6.32. The van der Waals surface area contributed by atoms with Crippen molar-refractivity contribution >= 4 is 17.3 Å². The van der Waals surface area contributed by atoms with Gasteiger partial charge < -0.3 is 5.32 Å². The molecular weight excluding hydrogens is 278 g/mol. The first kappa shape index (κ1) is 13.8. The van der Waals surface area contributed by atoms with Gasteiger partial charge in [-0.2, -0.15) is 0 Å². The third kappa shape index (κ3) is 2.80. The topological polar surface area (TPSA) is 58.4 Å². The smallest absolute Gasteiger partial charge is 0.288 e. The highest BCUT2D eigenvalue weighted by atomic mass is 35.5. The summed E-state index contributed by atoms with van der Waals surface area (Å²) in [4.78, 5) is 13.1. The maximum absolute atomic E-state index is 11.1. The van der Waals surface area contributed by atoms with Gasteiger partial charge in [0.2, 0.25) is 0 Å². The minimum absolute atomic E-state index is 0.0185. The molecule has 0 spiro atoms. The Morgan fingerprint density at radius 1 is 1.35 bits per heavy atom. The highest BCUT2D eigenvalue weighted by Crippen LogP contribution is 2.45. The van der Waals surface area contributed by atoms with Crippen LogP contribution < -0.4 is 5.32 Å². The van der Waals surface area contributed by atoms with E-state index in [1.165, 1.54) is 12.8 Å². The zero-order valence-corrected chi connectivity index (χ0v) is 12.0. The molecule has 3 rings (SSSR count). The summed E-state index contributed by atoms with van der Waals surface area (Å²) in [5.41, 5.74) is 1.05. The van der Waals surface area contributed by atoms with Crippen LogP contribution in [0.4, 0.5) is 5.69 Å². The molecule has 1 heterocycles. The second kappa shape index (κ2) is 5.68. The van der Waals surface area contributed by atoms with Crippen LogP contribution in [-0.2, 0) is 0 Å². The Labute approximate surface area is 123 Å². The number of benzene rings is 1. The second-order valence-electron chi connectivity index (χ2n) is 5.54. The van der Waals surface area contributed by atoms with E-state index in [-0.39, 0.29) is 10.7 Å². The van der Waals surface area contributed by atoms with Crippen LogP contribution in [0.15, 0.2) is 18.2 Å². The molecule has 1 aromatic carbocycles. The lowest BCUT2D eigenvalue weighted by molar-refractivity contribution is -0.384. The summed E-state index contributed by atoms with van der Waals surface area (Å²) in [5, 5.41) is 14.6. The normalized spacial score (nSPS) is 21.6. The zero-order chi connectivity index (χ0) is 14.1. The summed E-state index contributed by atoms with van der Waals surface area (Å²) < 4.78 is 0. The largest absolute Gasteiger partial charge is 0.314 e. The monoisotopic (exact) mass is 295 g/mol. The molecule has 2 fully saturated rings. The Kier molecular flexibility index (Phi) is 3.92. The third-order valence-electron chi connectivity index (χ3n) is 4.12. The molecule has 1 aliphatic carbocycles. The van der Waals surface area contributed by atoms with Crippen molar-refractivity contribution in [2.45, 2.75) is 18.9 Å². The Bertz CT molecular complexity index is 513. The van der Waals surface area contributed by atoms with Gasteiger partial charge in [-0.3, -0.25) is 15.0 Å². The van der Waals surface area contributed by atoms with E-state index < -0.39 is 4.92 Å². The molecule has 108 valence electrons. The SMILES string of the molecule is O=[N+]([O-])c1cc([C@H](C2CC2)N2CCNCC2)ccc1Cl. The van der Waals surface area contributed by atoms with E-state index >= 15 is 0 Å². The maximum atomic E-state index is 11.1. The predicted molar refractivity (Wildman–Crippen MR) is 78.0 cm³/mol. The number of hydrogen-bond donors (Lipinski definition) is 1. The number of nitrogens with zero attached hydrogens (tertiary/aromatic N) is 2. The molecule has 0 amide bonds. The van der Waals surface area contributed by atoms with Gasteiger partial charge in [0.1, 0.15) is 5.02 Å². The Morgan fingerprint density at radius 3 is 2.65 bits per heavy atom. The maximum Gasteiger partial charge on any atom is 0.288 e. The lowest BCUT2D eigenvalue weighted by Gasteiger charge is -2.35. The molecule has 0 radical (unpaired) electrons. The van der Waals surface area contributed by atoms with Crippen molar-refractivity contribution in [3.8, 4) is 0 Å². The van der Waals surface area contributed by atoms with Gasteiger partial charge in [-0.15, -0.1) is 0 Å². The number of rotatable bonds is 4. The third-order valence-corrected chi connectivity index (χ3v) is 4.44. The molecule has 1 saturated carbocycles. The van der Waals surface area contributed by atoms with E-state index in [0.29, 0.717) is 12.0 Å². The zero-order valence-electron chi connectivity index (χ0n) is 11.2. The van der Waals surface area contributed by atoms with Gasteiger partial charge in [0, 0.05) is 38.3 Å². The highest BCUT2D eigenvalue weighted by Gasteiger charge is 2.37. The molecule has 1 aliphatic heterocycles. The van der Waals surface area contributed by atoms with E-state index in [4.69, 9.17) is 11.6 Å². The Balaban J connectivity index is 1.91. The summed E-state index contributed by atoms with van der Waals surface area (Å²) in [6, 6.07) is 5.56. The van der Waals surface area contributed by atoms with E-state index in [1.807, 2.05) is 6.07 Å². The number of nitro groups is 1. The molecule has 6 heteroatoms. The van der Waals surface area contributed by atoms with Crippen molar-refractivity contribution < 1.29 is 4.92 Å². The standard InChI is InChI=1S/C14H18ClN3O2/c15-12-4-3-11(9-13(12)18(19)20)14(10-1-2-10)17-7-5-16-6-8-17/h3-4,9-10,14,16H,1-2,5-8H2/t14-/m0/s1. The molecule has 1 saturated heterocycles. The molecule has 0 bridgehead atoms. The first-order valence-electron chi connectivity index (χ1n) is 7.05. The van der Waals surface area contributed by atoms with Gasteiger partial charge in [-0.05, 0) is 30.4 Å². The van der Waals surface area contributed by atoms with Crippen LogP contribution in [0.3, 0.4) is 0 Å². The van der Waals surface area contributed by atoms with Crippen LogP contribution >= 0.6 is 11.6 Å². The van der Waals surface area contributed by atoms with Crippen molar-refractivity contribution in [2.24, 2.45) is 5.92 Å². The second-order valence-corrected chi connectivity index (χ2v) is 5.94. The average Bonchev–Trinajstić information content (AvgIpc) is 3.26. The molecule has 2 aliphatic rings. The number of halogens is 1. The lowest BCUT2D eigenvalue weighted by Crippen LogP contribution is -2.45. The minimum atomic E-state index is -0.395. The first-order valence-corrected chi connectivity index (χ1v) is 7.43. The van der Waals surface area contributed by atoms with Crippen molar-refractivity contribution in [1.82, 2.24) is 10.2 Å². The van der Waals surface area contributed by atoms with E-state index in [9.17, 15) is 10.1 Å². The summed E-state index contributed by atoms with van der Waals surface area (Å²) in [6.45, 7) is 3.97. The first-order chi connectivity index (χ1) is 9.66. The number of piperazine rings is 1. The number of hydrogen-bond acceptors (Lipinski definition) is 4. The fourth-order valence-corrected chi connectivity index (χ4v) is 3.19. The average molecular weight is 296 g/mol. The van der Waals surface area contributed by atoms with Gasteiger partial charge in [0.15, 0.2) is 0 Å². The van der Waals surface area contributed by atoms with Gasteiger partial charge in [0.05, 0.1) is 4.92 Å². The fourth-order valence-electron chi connectivity index (χ4n) is 3.01. The van der Waals surface area contributed by atoms with Crippen LogP contribution in [0.5, 0.6) is 0 Å². The molecule has 0 unspecified atom stereocenters. The summed E-state index contributed by atoms with van der Waals surface area (Å²) in [6.07, 6.45) is 2.43. The van der Waals surface area contributed by atoms with Gasteiger partial charge in [-0.25, -0.2) is 0 Å². The summed E-state index contributed by atoms with van der Waals surface area (Å²) >= 11 is 5.91. The Morgan fingerprint density at radius 2 is 2.05 bits per heavy atom. The van der Waals surface area contributed by atoms with E-state index in [1.54, 1.807) is 12.1 Å². The van der Waals surface area contributed by atoms with Crippen LogP contribution in [0, 0.1) is 16.0 Å². The van der Waals surface area contributed by atoms with Crippen LogP contribution in [-0.4, -0.2) is 36.0 Å². The molecule has 1 N–H and O–H groups in total. The van der Waals surface area contributed by atoms with Crippen molar-refractivity contribution in [3.63, 3.8) is 0 Å². The Hall–Kier alpha value is -1.17. The number of nitrogens with one attached hydrogen (secondary N) is 1. The molecule has 0 aromatic heterocycles. The molecule has 5 nitrogen and oxygen atoms in total. The summed E-state index contributed by atoms with van der Waals surface area (Å²) in [7, 11) is 0. The molecule has 1 atom stereocenters. The van der Waals surface area contributed by atoms with E-state index in [0.717, 1.165) is 31.7 Å². The van der Waals surface area contributed by atoms with Crippen LogP contribution in [0.2, 0.25) is 5.02 Å². The van der Waals surface area contributed by atoms with Crippen LogP contribution in [0.1, 0.15) is 24.4 Å². The minimum Gasteiger partial charge on any atom is -0.314 e.